The summed E-state index contributed by atoms with van der Waals surface area (Å²) >= 11 is 0. The molecule has 0 atom stereocenters. The van der Waals surface area contributed by atoms with Gasteiger partial charge in [-0.05, 0) is 37.0 Å². The molecule has 1 aliphatic carbocycles. The normalized spacial score (nSPS) is 15.8. The van der Waals surface area contributed by atoms with Crippen LogP contribution in [-0.4, -0.2) is 25.7 Å². The average Bonchev–Trinajstić information content (AvgIpc) is 3.16. The van der Waals surface area contributed by atoms with E-state index in [-0.39, 0.29) is 11.2 Å². The number of hydrogen-bond acceptors (Lipinski definition) is 2. The molecular weight excluding hydrogens is 239 g/mol. The Morgan fingerprint density at radius 3 is 2.63 bits per heavy atom. The Hall–Kier alpha value is -0.930. The van der Waals surface area contributed by atoms with Gasteiger partial charge in [-0.15, -0.1) is 0 Å². The molecule has 3 heteroatoms. The van der Waals surface area contributed by atoms with Crippen LogP contribution in [0.15, 0.2) is 18.2 Å². The molecule has 0 aromatic heterocycles. The Morgan fingerprint density at radius 1 is 1.26 bits per heavy atom. The number of nitrogens with one attached hydrogen (secondary N) is 2. The monoisotopic (exact) mass is 264 g/mol. The molecule has 1 aliphatic rings. The van der Waals surface area contributed by atoms with Crippen molar-refractivity contribution >= 4 is 0 Å². The third-order valence-corrected chi connectivity index (χ3v) is 3.82. The third kappa shape index (κ3) is 4.29. The molecule has 0 radical (unpaired) electrons. The molecule has 0 unspecified atom stereocenters. The van der Waals surface area contributed by atoms with Crippen molar-refractivity contribution in [3.05, 3.63) is 35.1 Å². The Labute approximate surface area is 115 Å². The highest BCUT2D eigenvalue weighted by Gasteiger charge is 2.22. The first-order chi connectivity index (χ1) is 8.99. The van der Waals surface area contributed by atoms with E-state index in [9.17, 15) is 4.39 Å². The molecule has 2 N–H and O–H groups in total. The maximum Gasteiger partial charge on any atom is 0.126 e. The van der Waals surface area contributed by atoms with E-state index in [1.54, 1.807) is 6.07 Å². The van der Waals surface area contributed by atoms with E-state index in [4.69, 9.17) is 0 Å². The van der Waals surface area contributed by atoms with E-state index in [1.807, 2.05) is 19.1 Å². The highest BCUT2D eigenvalue weighted by atomic mass is 19.1. The Kier molecular flexibility index (Phi) is 4.58. The number of aryl methyl sites for hydroxylation is 1. The van der Waals surface area contributed by atoms with Gasteiger partial charge in [0.25, 0.3) is 0 Å². The first-order valence-corrected chi connectivity index (χ1v) is 7.20. The van der Waals surface area contributed by atoms with Gasteiger partial charge in [-0.1, -0.05) is 26.0 Å². The lowest BCUT2D eigenvalue weighted by Gasteiger charge is -2.26. The molecule has 1 aromatic carbocycles. The van der Waals surface area contributed by atoms with Gasteiger partial charge in [0.15, 0.2) is 0 Å². The minimum absolute atomic E-state index is 0.0258. The summed E-state index contributed by atoms with van der Waals surface area (Å²) in [6, 6.07) is 6.20. The molecule has 0 bridgehead atoms. The van der Waals surface area contributed by atoms with Crippen molar-refractivity contribution in [3.8, 4) is 0 Å². The summed E-state index contributed by atoms with van der Waals surface area (Å²) in [5, 5.41) is 6.97. The zero-order chi connectivity index (χ0) is 13.9. The molecule has 0 spiro atoms. The quantitative estimate of drug-likeness (QED) is 0.740. The lowest BCUT2D eigenvalue weighted by molar-refractivity contribution is 0.463. The SMILES string of the molecule is Cc1cc(C(C)(C)CNCCNC2CC2)ccc1F. The maximum atomic E-state index is 13.3. The van der Waals surface area contributed by atoms with Gasteiger partial charge in [0.1, 0.15) is 5.82 Å². The largest absolute Gasteiger partial charge is 0.315 e. The fraction of sp³-hybridized carbons (Fsp3) is 0.625. The van der Waals surface area contributed by atoms with Gasteiger partial charge in [-0.25, -0.2) is 4.39 Å². The van der Waals surface area contributed by atoms with Crippen molar-refractivity contribution in [1.29, 1.82) is 0 Å². The number of hydrogen-bond donors (Lipinski definition) is 2. The van der Waals surface area contributed by atoms with Crippen LogP contribution in [0.25, 0.3) is 0 Å². The standard InChI is InChI=1S/C16H25FN2/c1-12-10-13(4-7-15(12)17)16(2,3)11-18-8-9-19-14-5-6-14/h4,7,10,14,18-19H,5-6,8-9,11H2,1-3H3. The van der Waals surface area contributed by atoms with Gasteiger partial charge in [0.2, 0.25) is 0 Å². The molecule has 106 valence electrons. The van der Waals surface area contributed by atoms with E-state index >= 15 is 0 Å². The highest BCUT2D eigenvalue weighted by Crippen LogP contribution is 2.24. The summed E-state index contributed by atoms with van der Waals surface area (Å²) in [5.41, 5.74) is 1.94. The molecule has 1 saturated carbocycles. The van der Waals surface area contributed by atoms with Gasteiger partial charge in [-0.3, -0.25) is 0 Å². The molecule has 19 heavy (non-hydrogen) atoms. The first kappa shape index (κ1) is 14.5. The average molecular weight is 264 g/mol. The van der Waals surface area contributed by atoms with Crippen LogP contribution in [0.1, 0.15) is 37.8 Å². The van der Waals surface area contributed by atoms with Crippen LogP contribution in [0.5, 0.6) is 0 Å². The smallest absolute Gasteiger partial charge is 0.126 e. The van der Waals surface area contributed by atoms with E-state index in [0.29, 0.717) is 0 Å². The van der Waals surface area contributed by atoms with E-state index in [1.165, 1.54) is 18.4 Å². The van der Waals surface area contributed by atoms with Crippen molar-refractivity contribution < 1.29 is 4.39 Å². The van der Waals surface area contributed by atoms with Gasteiger partial charge < -0.3 is 10.6 Å². The first-order valence-electron chi connectivity index (χ1n) is 7.20. The zero-order valence-corrected chi connectivity index (χ0v) is 12.2. The Morgan fingerprint density at radius 2 is 2.00 bits per heavy atom. The van der Waals surface area contributed by atoms with Gasteiger partial charge >= 0.3 is 0 Å². The summed E-state index contributed by atoms with van der Waals surface area (Å²) in [5.74, 6) is -0.124. The van der Waals surface area contributed by atoms with Crippen LogP contribution >= 0.6 is 0 Å². The lowest BCUT2D eigenvalue weighted by atomic mass is 9.84. The van der Waals surface area contributed by atoms with Crippen molar-refractivity contribution in [3.63, 3.8) is 0 Å². The molecule has 1 fully saturated rings. The van der Waals surface area contributed by atoms with Crippen molar-refractivity contribution in [2.75, 3.05) is 19.6 Å². The van der Waals surface area contributed by atoms with Crippen molar-refractivity contribution in [1.82, 2.24) is 10.6 Å². The Balaban J connectivity index is 1.80. The molecule has 0 heterocycles. The van der Waals surface area contributed by atoms with Gasteiger partial charge in [-0.2, -0.15) is 0 Å². The summed E-state index contributed by atoms with van der Waals surface area (Å²) in [4.78, 5) is 0. The van der Waals surface area contributed by atoms with Crippen molar-refractivity contribution in [2.24, 2.45) is 0 Å². The molecule has 0 aliphatic heterocycles. The lowest BCUT2D eigenvalue weighted by Crippen LogP contribution is -2.37. The Bertz CT molecular complexity index is 425. The maximum absolute atomic E-state index is 13.3. The van der Waals surface area contributed by atoms with Crippen LogP contribution in [0.3, 0.4) is 0 Å². The minimum atomic E-state index is -0.124. The van der Waals surface area contributed by atoms with Crippen LogP contribution in [0.4, 0.5) is 4.39 Å². The molecule has 2 rings (SSSR count). The van der Waals surface area contributed by atoms with Crippen LogP contribution in [0.2, 0.25) is 0 Å². The second-order valence-corrected chi connectivity index (χ2v) is 6.25. The zero-order valence-electron chi connectivity index (χ0n) is 12.2. The van der Waals surface area contributed by atoms with E-state index in [2.05, 4.69) is 24.5 Å². The fourth-order valence-corrected chi connectivity index (χ4v) is 2.22. The van der Waals surface area contributed by atoms with E-state index < -0.39 is 0 Å². The topological polar surface area (TPSA) is 24.1 Å². The molecule has 2 nitrogen and oxygen atoms in total. The van der Waals surface area contributed by atoms with Crippen molar-refractivity contribution in [2.45, 2.75) is 45.1 Å². The van der Waals surface area contributed by atoms with Crippen LogP contribution in [-0.2, 0) is 5.41 Å². The summed E-state index contributed by atoms with van der Waals surface area (Å²) < 4.78 is 13.3. The summed E-state index contributed by atoms with van der Waals surface area (Å²) in [7, 11) is 0. The summed E-state index contributed by atoms with van der Waals surface area (Å²) in [6.45, 7) is 9.14. The minimum Gasteiger partial charge on any atom is -0.315 e. The number of benzene rings is 1. The van der Waals surface area contributed by atoms with Crippen LogP contribution < -0.4 is 10.6 Å². The fourth-order valence-electron chi connectivity index (χ4n) is 2.22. The molecule has 0 saturated heterocycles. The van der Waals surface area contributed by atoms with Crippen LogP contribution in [0, 0.1) is 12.7 Å². The van der Waals surface area contributed by atoms with E-state index in [0.717, 1.165) is 31.2 Å². The third-order valence-electron chi connectivity index (χ3n) is 3.82. The molecular formula is C16H25FN2. The predicted octanol–water partition coefficient (Wildman–Crippen LogP) is 2.75. The molecule has 1 aromatic rings. The highest BCUT2D eigenvalue weighted by molar-refractivity contribution is 5.29. The van der Waals surface area contributed by atoms with Gasteiger partial charge in [0.05, 0.1) is 0 Å². The van der Waals surface area contributed by atoms with Gasteiger partial charge in [0, 0.05) is 31.1 Å². The predicted molar refractivity (Wildman–Crippen MR) is 78.1 cm³/mol. The second kappa shape index (κ2) is 6.02. The number of halogens is 1. The number of rotatable bonds is 7. The summed E-state index contributed by atoms with van der Waals surface area (Å²) in [6.07, 6.45) is 2.67. The molecule has 0 amide bonds. The second-order valence-electron chi connectivity index (χ2n) is 6.25.